The van der Waals surface area contributed by atoms with Crippen LogP contribution < -0.4 is 10.9 Å². The quantitative estimate of drug-likeness (QED) is 0.285. The highest BCUT2D eigenvalue weighted by Crippen LogP contribution is 2.41. The number of alkyl halides is 3. The molecule has 2 saturated heterocycles. The third kappa shape index (κ3) is 5.96. The van der Waals surface area contributed by atoms with Gasteiger partial charge >= 0.3 is 12.3 Å². The summed E-state index contributed by atoms with van der Waals surface area (Å²) in [5.74, 6) is -0.412. The summed E-state index contributed by atoms with van der Waals surface area (Å²) >= 11 is 6.66. The minimum atomic E-state index is -4.87. The lowest BCUT2D eigenvalue weighted by Gasteiger charge is -2.33. The second kappa shape index (κ2) is 11.6. The summed E-state index contributed by atoms with van der Waals surface area (Å²) < 4.78 is 49.0. The minimum absolute atomic E-state index is 0.0430. The lowest BCUT2D eigenvalue weighted by Crippen LogP contribution is -2.45. The number of thiazole rings is 1. The van der Waals surface area contributed by atoms with Crippen molar-refractivity contribution in [2.75, 3.05) is 32.6 Å². The van der Waals surface area contributed by atoms with Gasteiger partial charge in [0.2, 0.25) is 0 Å². The summed E-state index contributed by atoms with van der Waals surface area (Å²) in [6.45, 7) is 2.61. The summed E-state index contributed by atoms with van der Waals surface area (Å²) in [5.41, 5.74) is 0.160. The minimum Gasteiger partial charge on any atom is -0.447 e. The molecular formula is C30H28ClF3N6O4S. The van der Waals surface area contributed by atoms with Gasteiger partial charge in [-0.2, -0.15) is 13.2 Å². The number of aryl methyl sites for hydroxylation is 1. The lowest BCUT2D eigenvalue weighted by atomic mass is 9.97. The molecule has 6 rings (SSSR count). The number of piperidine rings is 1. The zero-order chi connectivity index (χ0) is 32.2. The van der Waals surface area contributed by atoms with E-state index >= 15 is 0 Å². The zero-order valence-corrected chi connectivity index (χ0v) is 26.0. The molecule has 15 heteroatoms. The fraction of sp³-hybridized carbons (Fsp3) is 0.367. The second-order valence-corrected chi connectivity index (χ2v) is 12.7. The van der Waals surface area contributed by atoms with Crippen LogP contribution >= 0.6 is 22.9 Å². The molecule has 2 aliphatic heterocycles. The molecule has 2 fully saturated rings. The fourth-order valence-corrected chi connectivity index (χ4v) is 6.92. The van der Waals surface area contributed by atoms with E-state index in [2.05, 4.69) is 15.3 Å². The van der Waals surface area contributed by atoms with E-state index in [-0.39, 0.29) is 58.4 Å². The molecule has 1 N–H and O–H groups in total. The number of nitrogens with zero attached hydrogens (tertiary/aromatic N) is 5. The number of hydrogen-bond acceptors (Lipinski definition) is 8. The van der Waals surface area contributed by atoms with Crippen LogP contribution in [-0.4, -0.2) is 75.7 Å². The predicted molar refractivity (Wildman–Crippen MR) is 164 cm³/mol. The van der Waals surface area contributed by atoms with E-state index in [9.17, 15) is 27.6 Å². The van der Waals surface area contributed by atoms with Crippen molar-refractivity contribution in [3.63, 3.8) is 0 Å². The third-order valence-electron chi connectivity index (χ3n) is 7.97. The van der Waals surface area contributed by atoms with E-state index in [1.54, 1.807) is 36.1 Å². The van der Waals surface area contributed by atoms with E-state index in [1.165, 1.54) is 18.7 Å². The first-order valence-electron chi connectivity index (χ1n) is 14.1. The average molecular weight is 661 g/mol. The second-order valence-electron chi connectivity index (χ2n) is 11.3. The number of nitrogens with one attached hydrogen (secondary N) is 1. The molecule has 0 spiro atoms. The Morgan fingerprint density at radius 2 is 1.91 bits per heavy atom. The maximum atomic E-state index is 14.1. The van der Waals surface area contributed by atoms with Gasteiger partial charge in [0, 0.05) is 43.0 Å². The van der Waals surface area contributed by atoms with Crippen LogP contribution in [-0.2, 0) is 17.5 Å². The topological polar surface area (TPSA) is 110 Å². The van der Waals surface area contributed by atoms with Gasteiger partial charge in [-0.3, -0.25) is 14.2 Å². The number of cyclic esters (lactones) is 1. The number of halogens is 4. The van der Waals surface area contributed by atoms with Gasteiger partial charge in [-0.1, -0.05) is 23.7 Å². The number of anilines is 1. The van der Waals surface area contributed by atoms with Gasteiger partial charge in [-0.25, -0.2) is 14.8 Å². The number of carbonyl (C=O) groups excluding carboxylic acids is 2. The van der Waals surface area contributed by atoms with Crippen molar-refractivity contribution in [3.8, 4) is 10.6 Å². The molecule has 236 valence electrons. The van der Waals surface area contributed by atoms with Crippen molar-refractivity contribution in [3.05, 3.63) is 73.7 Å². The van der Waals surface area contributed by atoms with Crippen LogP contribution in [0, 0.1) is 6.92 Å². The number of ether oxygens (including phenoxy) is 1. The number of hydrogen-bond donors (Lipinski definition) is 1. The molecule has 4 heterocycles. The van der Waals surface area contributed by atoms with Crippen LogP contribution in [0.1, 0.15) is 39.6 Å². The smallest absolute Gasteiger partial charge is 0.435 e. The van der Waals surface area contributed by atoms with Crippen LogP contribution in [0.25, 0.3) is 21.5 Å². The highest BCUT2D eigenvalue weighted by Gasteiger charge is 2.41. The summed E-state index contributed by atoms with van der Waals surface area (Å²) in [6.07, 6.45) is -4.15. The highest BCUT2D eigenvalue weighted by atomic mass is 35.5. The molecular weight excluding hydrogens is 633 g/mol. The summed E-state index contributed by atoms with van der Waals surface area (Å²) in [7, 11) is 2.74. The number of amides is 2. The number of benzene rings is 2. The van der Waals surface area contributed by atoms with Gasteiger partial charge in [0.05, 0.1) is 23.5 Å². The van der Waals surface area contributed by atoms with Gasteiger partial charge in [-0.05, 0) is 49.6 Å². The number of fused-ring (bicyclic) bond motifs is 2. The van der Waals surface area contributed by atoms with E-state index in [0.29, 0.717) is 47.3 Å². The Labute approximate surface area is 264 Å². The van der Waals surface area contributed by atoms with Crippen LogP contribution in [0.2, 0.25) is 5.02 Å². The molecule has 0 bridgehead atoms. The standard InChI is InChI=1S/C30H28ClF3N6O4S/c1-15-35-23-11-20(26-37-25(30(32,33)34)24(45-26)28(42)38(2)3)22(36-18-8-9-39-19(10-18)14-44-29(39)43)12-21(23)27(41)40(15)13-16-4-6-17(31)7-5-16/h4-7,11-12,18-19,36H,8-10,13-14H2,1-3H3/t18-,19-/m0/s1. The molecule has 10 nitrogen and oxygen atoms in total. The molecule has 2 aromatic carbocycles. The van der Waals surface area contributed by atoms with Crippen LogP contribution in [0.15, 0.2) is 41.2 Å². The van der Waals surface area contributed by atoms with Crippen molar-refractivity contribution in [2.45, 2.75) is 44.6 Å². The van der Waals surface area contributed by atoms with Crippen molar-refractivity contribution in [1.82, 2.24) is 24.3 Å². The Kier molecular flexibility index (Phi) is 7.98. The van der Waals surface area contributed by atoms with Crippen LogP contribution in [0.3, 0.4) is 0 Å². The van der Waals surface area contributed by atoms with Crippen molar-refractivity contribution in [1.29, 1.82) is 0 Å². The molecule has 2 aliphatic rings. The Hall–Kier alpha value is -4.17. The maximum absolute atomic E-state index is 14.1. The Balaban J connectivity index is 1.48. The fourth-order valence-electron chi connectivity index (χ4n) is 5.66. The van der Waals surface area contributed by atoms with Gasteiger partial charge in [0.15, 0.2) is 5.69 Å². The third-order valence-corrected chi connectivity index (χ3v) is 9.30. The Bertz CT molecular complexity index is 1870. The first-order chi connectivity index (χ1) is 21.3. The highest BCUT2D eigenvalue weighted by molar-refractivity contribution is 7.17. The van der Waals surface area contributed by atoms with E-state index in [0.717, 1.165) is 10.5 Å². The van der Waals surface area contributed by atoms with Crippen molar-refractivity contribution >= 4 is 51.5 Å². The van der Waals surface area contributed by atoms with E-state index in [4.69, 9.17) is 16.3 Å². The SMILES string of the molecule is Cc1nc2cc(-c3nc(C(F)(F)F)c(C(=O)N(C)C)s3)c(N[C@H]3CCN4C(=O)OC[C@@H]4C3)cc2c(=O)n1Cc1ccc(Cl)cc1. The zero-order valence-electron chi connectivity index (χ0n) is 24.4. The largest absolute Gasteiger partial charge is 0.447 e. The van der Waals surface area contributed by atoms with Crippen LogP contribution in [0.5, 0.6) is 0 Å². The first kappa shape index (κ1) is 30.8. The molecule has 0 unspecified atom stereocenters. The van der Waals surface area contributed by atoms with Gasteiger partial charge < -0.3 is 19.9 Å². The molecule has 4 aromatic rings. The summed E-state index contributed by atoms with van der Waals surface area (Å²) in [5, 5.41) is 4.19. The number of rotatable bonds is 6. The van der Waals surface area contributed by atoms with E-state index in [1.807, 2.05) is 12.1 Å². The van der Waals surface area contributed by atoms with Gasteiger partial charge in [-0.15, -0.1) is 11.3 Å². The van der Waals surface area contributed by atoms with Gasteiger partial charge in [0.25, 0.3) is 11.5 Å². The molecule has 2 amide bonds. The van der Waals surface area contributed by atoms with Gasteiger partial charge in [0.1, 0.15) is 22.3 Å². The normalized spacial score (nSPS) is 18.2. The number of aromatic nitrogens is 3. The average Bonchev–Trinajstić information content (AvgIpc) is 3.60. The molecule has 2 atom stereocenters. The molecule has 2 aromatic heterocycles. The predicted octanol–water partition coefficient (Wildman–Crippen LogP) is 5.65. The van der Waals surface area contributed by atoms with Crippen LogP contribution in [0.4, 0.5) is 23.7 Å². The van der Waals surface area contributed by atoms with Crippen molar-refractivity contribution < 1.29 is 27.5 Å². The summed E-state index contributed by atoms with van der Waals surface area (Å²) in [6, 6.07) is 9.88. The Morgan fingerprint density at radius 3 is 2.60 bits per heavy atom. The Morgan fingerprint density at radius 1 is 1.18 bits per heavy atom. The monoisotopic (exact) mass is 660 g/mol. The lowest BCUT2D eigenvalue weighted by molar-refractivity contribution is -0.141. The molecule has 45 heavy (non-hydrogen) atoms. The van der Waals surface area contributed by atoms with E-state index < -0.39 is 22.7 Å². The first-order valence-corrected chi connectivity index (χ1v) is 15.3. The molecule has 0 radical (unpaired) electrons. The number of carbonyl (C=O) groups is 2. The van der Waals surface area contributed by atoms with Crippen molar-refractivity contribution in [2.24, 2.45) is 0 Å². The maximum Gasteiger partial charge on any atom is 0.435 e. The molecule has 0 saturated carbocycles. The molecule has 0 aliphatic carbocycles. The summed E-state index contributed by atoms with van der Waals surface area (Å²) in [4.78, 5) is 49.4.